The summed E-state index contributed by atoms with van der Waals surface area (Å²) in [6.07, 6.45) is 3.73. The van der Waals surface area contributed by atoms with Crippen LogP contribution in [0.1, 0.15) is 29.9 Å². The Morgan fingerprint density at radius 2 is 2.25 bits per heavy atom. The Kier molecular flexibility index (Phi) is 3.01. The highest BCUT2D eigenvalue weighted by atomic mass is 35.5. The number of carbonyl (C=O) groups excluding carboxylic acids is 1. The van der Waals surface area contributed by atoms with E-state index in [4.69, 9.17) is 11.6 Å². The maximum Gasteiger partial charge on any atom is 0.247 e. The van der Waals surface area contributed by atoms with Gasteiger partial charge < -0.3 is 5.32 Å². The van der Waals surface area contributed by atoms with Crippen LogP contribution in [0.15, 0.2) is 24.8 Å². The van der Waals surface area contributed by atoms with Gasteiger partial charge in [0.2, 0.25) is 5.91 Å². The largest absolute Gasteiger partial charge is 0.321 e. The van der Waals surface area contributed by atoms with E-state index in [0.717, 1.165) is 0 Å². The number of hydrogen-bond donors (Lipinski definition) is 1. The zero-order valence-corrected chi connectivity index (χ0v) is 9.97. The molecule has 1 fully saturated rings. The summed E-state index contributed by atoms with van der Waals surface area (Å²) in [6.45, 7) is 5.46. The summed E-state index contributed by atoms with van der Waals surface area (Å²) < 4.78 is 0. The Labute approximate surface area is 100 Å². The van der Waals surface area contributed by atoms with E-state index in [1.165, 1.54) is 30.0 Å². The molecule has 0 heterocycles. The zero-order valence-electron chi connectivity index (χ0n) is 9.22. The molecule has 1 aromatic rings. The molecule has 0 unspecified atom stereocenters. The molecule has 84 valence electrons. The Morgan fingerprint density at radius 3 is 2.81 bits per heavy atom. The van der Waals surface area contributed by atoms with Gasteiger partial charge in [0.15, 0.2) is 0 Å². The molecule has 0 spiro atoms. The van der Waals surface area contributed by atoms with Gasteiger partial charge in [-0.25, -0.2) is 0 Å². The minimum Gasteiger partial charge on any atom is -0.321 e. The molecule has 0 bridgehead atoms. The van der Waals surface area contributed by atoms with E-state index in [1.807, 2.05) is 19.1 Å². The summed E-state index contributed by atoms with van der Waals surface area (Å²) in [5, 5.41) is 3.30. The molecule has 0 aromatic heterocycles. The molecule has 0 aliphatic heterocycles. The maximum absolute atomic E-state index is 11.2. The highest BCUT2D eigenvalue weighted by Gasteiger charge is 2.25. The van der Waals surface area contributed by atoms with Crippen LogP contribution < -0.4 is 5.32 Å². The molecular weight excluding hydrogens is 222 g/mol. The second kappa shape index (κ2) is 4.30. The Bertz CT molecular complexity index is 449. The van der Waals surface area contributed by atoms with Crippen LogP contribution in [0.5, 0.6) is 0 Å². The minimum atomic E-state index is -0.236. The lowest BCUT2D eigenvalue weighted by Gasteiger charge is -2.10. The predicted octanol–water partition coefficient (Wildman–Crippen LogP) is 3.65. The van der Waals surface area contributed by atoms with Gasteiger partial charge in [-0.1, -0.05) is 18.2 Å². The first-order valence-electron chi connectivity index (χ1n) is 5.35. The van der Waals surface area contributed by atoms with Crippen LogP contribution in [0.25, 0.3) is 0 Å². The van der Waals surface area contributed by atoms with E-state index in [1.54, 1.807) is 0 Å². The second-order valence-electron chi connectivity index (χ2n) is 4.16. The molecule has 3 heteroatoms. The maximum atomic E-state index is 11.2. The van der Waals surface area contributed by atoms with Crippen LogP contribution in [0.2, 0.25) is 5.02 Å². The predicted molar refractivity (Wildman–Crippen MR) is 67.0 cm³/mol. The third kappa shape index (κ3) is 2.27. The van der Waals surface area contributed by atoms with Gasteiger partial charge in [-0.3, -0.25) is 4.79 Å². The Morgan fingerprint density at radius 1 is 1.56 bits per heavy atom. The number of nitrogens with one attached hydrogen (secondary N) is 1. The summed E-state index contributed by atoms with van der Waals surface area (Å²) in [7, 11) is 0. The molecule has 1 amide bonds. The van der Waals surface area contributed by atoms with Gasteiger partial charge in [0.25, 0.3) is 0 Å². The van der Waals surface area contributed by atoms with Crippen molar-refractivity contribution in [3.8, 4) is 0 Å². The van der Waals surface area contributed by atoms with Crippen molar-refractivity contribution >= 4 is 23.2 Å². The van der Waals surface area contributed by atoms with Crippen LogP contribution in [0.3, 0.4) is 0 Å². The molecule has 1 aromatic carbocycles. The van der Waals surface area contributed by atoms with Crippen molar-refractivity contribution in [2.45, 2.75) is 25.7 Å². The molecule has 0 atom stereocenters. The van der Waals surface area contributed by atoms with E-state index in [9.17, 15) is 4.79 Å². The van der Waals surface area contributed by atoms with Gasteiger partial charge in [0.05, 0.1) is 10.7 Å². The third-order valence-electron chi connectivity index (χ3n) is 2.82. The number of aryl methyl sites for hydroxylation is 1. The summed E-state index contributed by atoms with van der Waals surface area (Å²) in [5.41, 5.74) is 3.15. The van der Waals surface area contributed by atoms with E-state index < -0.39 is 0 Å². The average molecular weight is 236 g/mol. The number of rotatable bonds is 3. The van der Waals surface area contributed by atoms with Gasteiger partial charge >= 0.3 is 0 Å². The van der Waals surface area contributed by atoms with E-state index in [-0.39, 0.29) is 5.91 Å². The van der Waals surface area contributed by atoms with Crippen LogP contribution in [0.4, 0.5) is 5.69 Å². The van der Waals surface area contributed by atoms with Crippen molar-refractivity contribution in [1.29, 1.82) is 0 Å². The van der Waals surface area contributed by atoms with E-state index in [0.29, 0.717) is 16.6 Å². The summed E-state index contributed by atoms with van der Waals surface area (Å²) in [5.74, 6) is 0.433. The molecule has 0 saturated heterocycles. The molecule has 16 heavy (non-hydrogen) atoms. The number of halogens is 1. The lowest BCUT2D eigenvalue weighted by atomic mass is 10.0. The minimum absolute atomic E-state index is 0.236. The molecule has 2 rings (SSSR count). The van der Waals surface area contributed by atoms with E-state index in [2.05, 4.69) is 11.9 Å². The highest BCUT2D eigenvalue weighted by Crippen LogP contribution is 2.43. The number of anilines is 1. The molecule has 1 N–H and O–H groups in total. The Balaban J connectivity index is 2.29. The van der Waals surface area contributed by atoms with Gasteiger partial charge in [-0.15, -0.1) is 0 Å². The summed E-state index contributed by atoms with van der Waals surface area (Å²) >= 11 is 6.13. The van der Waals surface area contributed by atoms with Crippen LogP contribution in [0, 0.1) is 6.92 Å². The van der Waals surface area contributed by atoms with Crippen LogP contribution in [-0.4, -0.2) is 5.91 Å². The average Bonchev–Trinajstić information content (AvgIpc) is 3.06. The smallest absolute Gasteiger partial charge is 0.247 e. The first kappa shape index (κ1) is 11.2. The number of carbonyl (C=O) groups is 1. The second-order valence-corrected chi connectivity index (χ2v) is 4.56. The Hall–Kier alpha value is -1.28. The van der Waals surface area contributed by atoms with Crippen LogP contribution in [-0.2, 0) is 4.79 Å². The molecular formula is C13H14ClNO. The fourth-order valence-corrected chi connectivity index (χ4v) is 2.03. The first-order chi connectivity index (χ1) is 7.61. The molecule has 0 radical (unpaired) electrons. The monoisotopic (exact) mass is 235 g/mol. The molecule has 2 nitrogen and oxygen atoms in total. The van der Waals surface area contributed by atoms with Gasteiger partial charge in [0, 0.05) is 0 Å². The van der Waals surface area contributed by atoms with Crippen molar-refractivity contribution in [1.82, 2.24) is 0 Å². The summed E-state index contributed by atoms with van der Waals surface area (Å²) in [4.78, 5) is 11.2. The highest BCUT2D eigenvalue weighted by molar-refractivity contribution is 6.34. The van der Waals surface area contributed by atoms with Crippen LogP contribution >= 0.6 is 11.6 Å². The SMILES string of the molecule is C=CC(=O)Nc1cc(C)c(C2CC2)cc1Cl. The number of amides is 1. The van der Waals surface area contributed by atoms with Gasteiger partial charge in [0.1, 0.15) is 0 Å². The zero-order chi connectivity index (χ0) is 11.7. The van der Waals surface area contributed by atoms with Crippen molar-refractivity contribution < 1.29 is 4.79 Å². The van der Waals surface area contributed by atoms with Crippen molar-refractivity contribution in [3.05, 3.63) is 40.9 Å². The fraction of sp³-hybridized carbons (Fsp3) is 0.308. The summed E-state index contributed by atoms with van der Waals surface area (Å²) in [6, 6.07) is 3.89. The molecule has 1 saturated carbocycles. The normalized spacial score (nSPS) is 14.6. The number of benzene rings is 1. The quantitative estimate of drug-likeness (QED) is 0.797. The van der Waals surface area contributed by atoms with E-state index >= 15 is 0 Å². The third-order valence-corrected chi connectivity index (χ3v) is 3.13. The van der Waals surface area contributed by atoms with Crippen molar-refractivity contribution in [3.63, 3.8) is 0 Å². The fourth-order valence-electron chi connectivity index (χ4n) is 1.81. The lowest BCUT2D eigenvalue weighted by molar-refractivity contribution is -0.111. The lowest BCUT2D eigenvalue weighted by Crippen LogP contribution is -2.08. The molecule has 1 aliphatic carbocycles. The van der Waals surface area contributed by atoms with Crippen molar-refractivity contribution in [2.24, 2.45) is 0 Å². The topological polar surface area (TPSA) is 29.1 Å². The first-order valence-corrected chi connectivity index (χ1v) is 5.73. The molecule has 1 aliphatic rings. The standard InChI is InChI=1S/C13H14ClNO/c1-3-13(16)15-12-6-8(2)10(7-11(12)14)9-4-5-9/h3,6-7,9H,1,4-5H2,2H3,(H,15,16). The van der Waals surface area contributed by atoms with Gasteiger partial charge in [-0.2, -0.15) is 0 Å². The van der Waals surface area contributed by atoms with Gasteiger partial charge in [-0.05, 0) is 55.0 Å². The number of hydrogen-bond acceptors (Lipinski definition) is 1. The van der Waals surface area contributed by atoms with Crippen molar-refractivity contribution in [2.75, 3.05) is 5.32 Å².